The number of sulfonamides is 1. The molecule has 2 aromatic carbocycles. The van der Waals surface area contributed by atoms with Crippen molar-refractivity contribution >= 4 is 27.4 Å². The van der Waals surface area contributed by atoms with Crippen LogP contribution in [0.25, 0.3) is 11.1 Å². The Bertz CT molecular complexity index is 1350. The molecule has 5 rings (SSSR count). The smallest absolute Gasteiger partial charge is 0.332 e. The van der Waals surface area contributed by atoms with Crippen LogP contribution in [0.3, 0.4) is 0 Å². The lowest BCUT2D eigenvalue weighted by Crippen LogP contribution is -2.38. The highest BCUT2D eigenvalue weighted by Crippen LogP contribution is 2.38. The number of piperidine rings is 1. The van der Waals surface area contributed by atoms with Crippen LogP contribution >= 0.6 is 0 Å². The molecule has 0 atom stereocenters. The Kier molecular flexibility index (Phi) is 6.82. The van der Waals surface area contributed by atoms with Gasteiger partial charge in [0.1, 0.15) is 6.10 Å². The van der Waals surface area contributed by atoms with Gasteiger partial charge in [-0.3, -0.25) is 0 Å². The minimum Gasteiger partial charge on any atom is -0.474 e. The van der Waals surface area contributed by atoms with E-state index in [1.54, 1.807) is 6.20 Å². The molecule has 1 aliphatic heterocycles. The van der Waals surface area contributed by atoms with Crippen molar-refractivity contribution in [3.05, 3.63) is 71.9 Å². The number of carbonyl (C=O) groups excluding carboxylic acids is 1. The predicted octanol–water partition coefficient (Wildman–Crippen LogP) is 4.37. The van der Waals surface area contributed by atoms with Crippen molar-refractivity contribution in [2.75, 3.05) is 29.6 Å². The normalized spacial score (nSPS) is 15.9. The number of amides is 2. The number of aryl methyl sites for hydroxylation is 1. The molecule has 0 unspecified atom stereocenters. The van der Waals surface area contributed by atoms with Gasteiger partial charge >= 0.3 is 6.03 Å². The number of ether oxygens (including phenoxy) is 1. The van der Waals surface area contributed by atoms with Crippen molar-refractivity contribution in [1.29, 1.82) is 0 Å². The fraction of sp³-hybridized carbons (Fsp3) is 0.333. The monoisotopic (exact) mass is 506 g/mol. The van der Waals surface area contributed by atoms with Crippen LogP contribution in [0.1, 0.15) is 30.4 Å². The topological polar surface area (TPSA) is 101 Å². The van der Waals surface area contributed by atoms with Gasteiger partial charge in [0.25, 0.3) is 0 Å². The Morgan fingerprint density at radius 2 is 1.83 bits per heavy atom. The van der Waals surface area contributed by atoms with Crippen molar-refractivity contribution in [2.24, 2.45) is 0 Å². The number of benzene rings is 2. The summed E-state index contributed by atoms with van der Waals surface area (Å²) in [5.41, 5.74) is 5.75. The zero-order chi connectivity index (χ0) is 25.1. The second kappa shape index (κ2) is 10.2. The van der Waals surface area contributed by atoms with Crippen LogP contribution in [0.5, 0.6) is 5.88 Å². The third kappa shape index (κ3) is 5.62. The molecule has 0 radical (unpaired) electrons. The molecular weight excluding hydrogens is 476 g/mol. The lowest BCUT2D eigenvalue weighted by atomic mass is 9.98. The molecule has 188 valence electrons. The molecule has 1 saturated heterocycles. The predicted molar refractivity (Wildman–Crippen MR) is 141 cm³/mol. The summed E-state index contributed by atoms with van der Waals surface area (Å²) in [6.07, 6.45) is 7.29. The highest BCUT2D eigenvalue weighted by atomic mass is 32.2. The van der Waals surface area contributed by atoms with Crippen LogP contribution in [0.15, 0.2) is 60.8 Å². The Balaban J connectivity index is 1.33. The number of pyridine rings is 1. The molecule has 1 aliphatic carbocycles. The van der Waals surface area contributed by atoms with Crippen LogP contribution < -0.4 is 19.7 Å². The van der Waals surface area contributed by atoms with Gasteiger partial charge in [0, 0.05) is 49.4 Å². The van der Waals surface area contributed by atoms with Crippen LogP contribution in [0.2, 0.25) is 0 Å². The maximum atomic E-state index is 12.4. The fourth-order valence-electron chi connectivity index (χ4n) is 5.04. The maximum Gasteiger partial charge on any atom is 0.332 e. The summed E-state index contributed by atoms with van der Waals surface area (Å²) in [6.45, 7) is 1.84. The summed E-state index contributed by atoms with van der Waals surface area (Å²) in [7, 11) is -3.68. The van der Waals surface area contributed by atoms with E-state index in [0.29, 0.717) is 11.6 Å². The van der Waals surface area contributed by atoms with Crippen molar-refractivity contribution in [1.82, 2.24) is 9.71 Å². The first kappa shape index (κ1) is 24.1. The van der Waals surface area contributed by atoms with E-state index in [9.17, 15) is 13.2 Å². The number of anilines is 2. The van der Waals surface area contributed by atoms with Crippen molar-refractivity contribution in [3.8, 4) is 17.0 Å². The molecule has 8 nitrogen and oxygen atoms in total. The molecule has 0 spiro atoms. The lowest BCUT2D eigenvalue weighted by Gasteiger charge is -2.33. The highest BCUT2D eigenvalue weighted by Gasteiger charge is 2.23. The SMILES string of the molecule is CS(=O)(=O)NC(=O)Nc1c(-c2ccnc(OC3CCN(c4ccccc4)CC3)c2)ccc2c1CCC2. The number of urea groups is 1. The summed E-state index contributed by atoms with van der Waals surface area (Å²) < 4.78 is 31.4. The van der Waals surface area contributed by atoms with Gasteiger partial charge in [-0.2, -0.15) is 0 Å². The number of nitrogens with one attached hydrogen (secondary N) is 2. The molecule has 2 amide bonds. The van der Waals surface area contributed by atoms with Gasteiger partial charge in [-0.15, -0.1) is 0 Å². The second-order valence-electron chi connectivity index (χ2n) is 9.33. The third-order valence-electron chi connectivity index (χ3n) is 6.70. The van der Waals surface area contributed by atoms with E-state index in [1.165, 1.54) is 11.3 Å². The molecule has 1 fully saturated rings. The van der Waals surface area contributed by atoms with Crippen molar-refractivity contribution < 1.29 is 17.9 Å². The van der Waals surface area contributed by atoms with Crippen LogP contribution in [0.4, 0.5) is 16.2 Å². The average molecular weight is 507 g/mol. The van der Waals surface area contributed by atoms with Gasteiger partial charge in [-0.1, -0.05) is 30.3 Å². The number of aromatic nitrogens is 1. The Labute approximate surface area is 211 Å². The quantitative estimate of drug-likeness (QED) is 0.515. The Hall–Kier alpha value is -3.59. The Morgan fingerprint density at radius 1 is 1.06 bits per heavy atom. The molecule has 2 N–H and O–H groups in total. The van der Waals surface area contributed by atoms with Gasteiger partial charge in [0.05, 0.1) is 11.9 Å². The first-order chi connectivity index (χ1) is 17.4. The number of hydrogen-bond donors (Lipinski definition) is 2. The first-order valence-corrected chi connectivity index (χ1v) is 14.1. The van der Waals surface area contributed by atoms with Gasteiger partial charge < -0.3 is 15.0 Å². The van der Waals surface area contributed by atoms with Crippen LogP contribution in [-0.4, -0.2) is 44.9 Å². The molecule has 9 heteroatoms. The Morgan fingerprint density at radius 3 is 2.58 bits per heavy atom. The first-order valence-electron chi connectivity index (χ1n) is 12.2. The number of fused-ring (bicyclic) bond motifs is 1. The van der Waals surface area contributed by atoms with E-state index in [0.717, 1.165) is 68.1 Å². The number of para-hydroxylation sites is 1. The largest absolute Gasteiger partial charge is 0.474 e. The maximum absolute atomic E-state index is 12.4. The minimum absolute atomic E-state index is 0.0749. The lowest BCUT2D eigenvalue weighted by molar-refractivity contribution is 0.164. The second-order valence-corrected chi connectivity index (χ2v) is 11.1. The zero-order valence-corrected chi connectivity index (χ0v) is 21.1. The number of nitrogens with zero attached hydrogens (tertiary/aromatic N) is 2. The average Bonchev–Trinajstić information content (AvgIpc) is 3.34. The van der Waals surface area contributed by atoms with E-state index < -0.39 is 16.1 Å². The number of hydrogen-bond acceptors (Lipinski definition) is 6. The van der Waals surface area contributed by atoms with Gasteiger partial charge in [-0.25, -0.2) is 22.9 Å². The third-order valence-corrected chi connectivity index (χ3v) is 7.25. The summed E-state index contributed by atoms with van der Waals surface area (Å²) in [4.78, 5) is 19.2. The van der Waals surface area contributed by atoms with Crippen molar-refractivity contribution in [2.45, 2.75) is 38.2 Å². The molecular formula is C27H30N4O4S. The molecule has 1 aromatic heterocycles. The molecule has 0 bridgehead atoms. The van der Waals surface area contributed by atoms with Crippen LogP contribution in [0, 0.1) is 0 Å². The summed E-state index contributed by atoms with van der Waals surface area (Å²) in [5, 5.41) is 2.79. The molecule has 0 saturated carbocycles. The van der Waals surface area contributed by atoms with E-state index >= 15 is 0 Å². The van der Waals surface area contributed by atoms with E-state index in [1.807, 2.05) is 29.0 Å². The molecule has 3 aromatic rings. The van der Waals surface area contributed by atoms with E-state index in [4.69, 9.17) is 4.74 Å². The fourth-order valence-corrected chi connectivity index (χ4v) is 5.43. The van der Waals surface area contributed by atoms with Crippen molar-refractivity contribution in [3.63, 3.8) is 0 Å². The molecule has 36 heavy (non-hydrogen) atoms. The number of rotatable bonds is 6. The summed E-state index contributed by atoms with van der Waals surface area (Å²) in [5.74, 6) is 0.540. The number of carbonyl (C=O) groups is 1. The standard InChI is InChI=1S/C27H30N4O4S/c1-36(33,34)30-27(32)29-26-23-9-5-6-19(23)10-11-24(26)20-12-15-28-25(18-20)35-22-13-16-31(17-14-22)21-7-3-2-4-8-21/h2-4,7-8,10-12,15,18,22H,5-6,9,13-14,16-17H2,1H3,(H2,29,30,32). The van der Waals surface area contributed by atoms with Gasteiger partial charge in [-0.05, 0) is 54.2 Å². The molecule has 2 heterocycles. The molecule has 2 aliphatic rings. The van der Waals surface area contributed by atoms with Gasteiger partial charge in [0.15, 0.2) is 0 Å². The van der Waals surface area contributed by atoms with Crippen LogP contribution in [-0.2, 0) is 22.9 Å². The minimum atomic E-state index is -3.68. The highest BCUT2D eigenvalue weighted by molar-refractivity contribution is 7.89. The summed E-state index contributed by atoms with van der Waals surface area (Å²) in [6, 6.07) is 17.4. The summed E-state index contributed by atoms with van der Waals surface area (Å²) >= 11 is 0. The van der Waals surface area contributed by atoms with Gasteiger partial charge in [0.2, 0.25) is 15.9 Å². The zero-order valence-electron chi connectivity index (χ0n) is 20.2. The van der Waals surface area contributed by atoms with E-state index in [-0.39, 0.29) is 6.10 Å². The van der Waals surface area contributed by atoms with E-state index in [2.05, 4.69) is 45.5 Å².